The summed E-state index contributed by atoms with van der Waals surface area (Å²) in [6.45, 7) is 3.50. The molecular weight excluding hydrogens is 502 g/mol. The van der Waals surface area contributed by atoms with Crippen molar-refractivity contribution in [2.45, 2.75) is 39.0 Å². The number of nitrogens with zero attached hydrogens (tertiary/aromatic N) is 6. The lowest BCUT2D eigenvalue weighted by molar-refractivity contribution is 0.179. The number of pyridine rings is 2. The summed E-state index contributed by atoms with van der Waals surface area (Å²) in [4.78, 5) is 23.3. The van der Waals surface area contributed by atoms with Crippen LogP contribution in [0, 0.1) is 0 Å². The molecule has 0 aliphatic rings. The van der Waals surface area contributed by atoms with E-state index in [2.05, 4.69) is 43.4 Å². The number of benzene rings is 2. The summed E-state index contributed by atoms with van der Waals surface area (Å²) in [7, 11) is 0. The molecule has 0 spiro atoms. The van der Waals surface area contributed by atoms with Crippen molar-refractivity contribution >= 4 is 10.9 Å². The molecule has 40 heavy (non-hydrogen) atoms. The van der Waals surface area contributed by atoms with E-state index in [9.17, 15) is 4.79 Å². The first-order valence-electron chi connectivity index (χ1n) is 13.3. The van der Waals surface area contributed by atoms with Gasteiger partial charge in [0.1, 0.15) is 11.8 Å². The van der Waals surface area contributed by atoms with Crippen molar-refractivity contribution in [3.05, 3.63) is 142 Å². The van der Waals surface area contributed by atoms with Gasteiger partial charge in [0.15, 0.2) is 5.82 Å². The molecule has 6 rings (SSSR count). The highest BCUT2D eigenvalue weighted by Gasteiger charge is 2.31. The van der Waals surface area contributed by atoms with Crippen LogP contribution in [0.4, 0.5) is 0 Å². The number of nitrogens with one attached hydrogen (secondary N) is 1. The summed E-state index contributed by atoms with van der Waals surface area (Å²) in [6.07, 6.45) is 6.13. The van der Waals surface area contributed by atoms with Gasteiger partial charge >= 0.3 is 0 Å². The molecule has 0 saturated heterocycles. The minimum absolute atomic E-state index is 0.188. The zero-order chi connectivity index (χ0) is 27.3. The van der Waals surface area contributed by atoms with Gasteiger partial charge in [-0.3, -0.25) is 14.7 Å². The van der Waals surface area contributed by atoms with Gasteiger partial charge in [0, 0.05) is 30.0 Å². The molecule has 9 nitrogen and oxygen atoms in total. The molecule has 0 bridgehead atoms. The molecule has 200 valence electrons. The van der Waals surface area contributed by atoms with Gasteiger partial charge < -0.3 is 9.40 Å². The Morgan fingerprint density at radius 3 is 2.60 bits per heavy atom. The van der Waals surface area contributed by atoms with Crippen LogP contribution in [0.5, 0.6) is 0 Å². The third-order valence-corrected chi connectivity index (χ3v) is 7.03. The first-order valence-corrected chi connectivity index (χ1v) is 13.3. The number of H-pyrrole nitrogens is 1. The number of aromatic nitrogens is 6. The Bertz CT molecular complexity index is 1750. The normalized spacial score (nSPS) is 12.2. The number of hydrogen-bond acceptors (Lipinski definition) is 7. The van der Waals surface area contributed by atoms with Crippen molar-refractivity contribution in [2.75, 3.05) is 0 Å². The van der Waals surface area contributed by atoms with Gasteiger partial charge in [0.05, 0.1) is 19.4 Å². The van der Waals surface area contributed by atoms with Crippen LogP contribution in [0.2, 0.25) is 0 Å². The molecule has 0 radical (unpaired) electrons. The first kappa shape index (κ1) is 25.4. The molecular formula is C31H29N7O2. The van der Waals surface area contributed by atoms with Crippen LogP contribution in [0.3, 0.4) is 0 Å². The highest BCUT2D eigenvalue weighted by Crippen LogP contribution is 2.30. The second kappa shape index (κ2) is 11.5. The van der Waals surface area contributed by atoms with Crippen molar-refractivity contribution in [1.82, 2.24) is 35.1 Å². The summed E-state index contributed by atoms with van der Waals surface area (Å²) < 4.78 is 7.53. The van der Waals surface area contributed by atoms with Crippen LogP contribution in [0.1, 0.15) is 46.8 Å². The average molecular weight is 532 g/mol. The smallest absolute Gasteiger partial charge is 0.253 e. The van der Waals surface area contributed by atoms with Crippen molar-refractivity contribution in [3.8, 4) is 0 Å². The van der Waals surface area contributed by atoms with Crippen LogP contribution in [-0.2, 0) is 26.1 Å². The van der Waals surface area contributed by atoms with E-state index < -0.39 is 6.04 Å². The van der Waals surface area contributed by atoms with E-state index in [-0.39, 0.29) is 5.56 Å². The van der Waals surface area contributed by atoms with Gasteiger partial charge in [-0.25, -0.2) is 4.68 Å². The van der Waals surface area contributed by atoms with E-state index in [1.54, 1.807) is 17.1 Å². The molecule has 2 aromatic carbocycles. The molecule has 1 atom stereocenters. The fraction of sp³-hybridized carbons (Fsp3) is 0.194. The minimum Gasteiger partial charge on any atom is -0.468 e. The maximum absolute atomic E-state index is 13.8. The van der Waals surface area contributed by atoms with Crippen molar-refractivity contribution < 1.29 is 4.42 Å². The lowest BCUT2D eigenvalue weighted by Gasteiger charge is -2.30. The zero-order valence-corrected chi connectivity index (χ0v) is 22.1. The lowest BCUT2D eigenvalue weighted by Crippen LogP contribution is -2.35. The Balaban J connectivity index is 1.53. The summed E-state index contributed by atoms with van der Waals surface area (Å²) in [5, 5.41) is 13.9. The second-order valence-corrected chi connectivity index (χ2v) is 9.76. The van der Waals surface area contributed by atoms with Gasteiger partial charge in [-0.05, 0) is 75.3 Å². The van der Waals surface area contributed by atoms with E-state index >= 15 is 0 Å². The maximum atomic E-state index is 13.8. The molecule has 9 heteroatoms. The Morgan fingerprint density at radius 1 is 0.950 bits per heavy atom. The molecule has 0 unspecified atom stereocenters. The monoisotopic (exact) mass is 531 g/mol. The standard InChI is InChI=1S/C31H29N7O2/c1-2-22-12-13-28-25(16-22)17-27(31(39)33-28)29(30-34-35-36-38(30)20-23-8-4-3-5-9-23)37(21-26-11-7-15-40-26)19-24-10-6-14-32-18-24/h3-18,29H,2,19-21H2,1H3,(H,33,39)/t29-/m0/s1. The average Bonchev–Trinajstić information content (AvgIpc) is 3.67. The Morgan fingerprint density at radius 2 is 1.82 bits per heavy atom. The quantitative estimate of drug-likeness (QED) is 0.268. The van der Waals surface area contributed by atoms with Crippen molar-refractivity contribution in [2.24, 2.45) is 0 Å². The number of hydrogen-bond donors (Lipinski definition) is 1. The van der Waals surface area contributed by atoms with Crippen LogP contribution >= 0.6 is 0 Å². The minimum atomic E-state index is -0.581. The van der Waals surface area contributed by atoms with E-state index in [0.717, 1.165) is 34.2 Å². The van der Waals surface area contributed by atoms with Crippen LogP contribution < -0.4 is 5.56 Å². The van der Waals surface area contributed by atoms with E-state index in [1.165, 1.54) is 5.56 Å². The Labute approximate surface area is 231 Å². The van der Waals surface area contributed by atoms with Crippen molar-refractivity contribution in [3.63, 3.8) is 0 Å². The molecule has 0 amide bonds. The molecule has 4 aromatic heterocycles. The molecule has 0 aliphatic carbocycles. The number of rotatable bonds is 10. The largest absolute Gasteiger partial charge is 0.468 e. The first-order chi connectivity index (χ1) is 19.7. The van der Waals surface area contributed by atoms with Gasteiger partial charge in [-0.1, -0.05) is 49.4 Å². The zero-order valence-electron chi connectivity index (χ0n) is 22.1. The van der Waals surface area contributed by atoms with E-state index in [0.29, 0.717) is 31.0 Å². The molecule has 0 fully saturated rings. The number of tetrazole rings is 1. The third kappa shape index (κ3) is 5.45. The lowest BCUT2D eigenvalue weighted by atomic mass is 10.0. The summed E-state index contributed by atoms with van der Waals surface area (Å²) in [5.41, 5.74) is 4.40. The number of furan rings is 1. The predicted molar refractivity (Wildman–Crippen MR) is 151 cm³/mol. The maximum Gasteiger partial charge on any atom is 0.253 e. The fourth-order valence-corrected chi connectivity index (χ4v) is 5.04. The van der Waals surface area contributed by atoms with Crippen LogP contribution in [-0.4, -0.2) is 35.1 Å². The topological polar surface area (TPSA) is 106 Å². The molecule has 4 heterocycles. The number of aromatic amines is 1. The summed E-state index contributed by atoms with van der Waals surface area (Å²) in [6, 6.07) is 25.3. The Hall–Kier alpha value is -4.89. The molecule has 0 saturated carbocycles. The Kier molecular flexibility index (Phi) is 7.28. The number of fused-ring (bicyclic) bond motifs is 1. The SMILES string of the molecule is CCc1ccc2[nH]c(=O)c([C@@H](c3nnnn3Cc3ccccc3)N(Cc3cccnc3)Cc3ccco3)cc2c1. The van der Waals surface area contributed by atoms with Gasteiger partial charge in [0.25, 0.3) is 5.56 Å². The molecule has 1 N–H and O–H groups in total. The van der Waals surface area contributed by atoms with Gasteiger partial charge in [0.2, 0.25) is 0 Å². The second-order valence-electron chi connectivity index (χ2n) is 9.76. The van der Waals surface area contributed by atoms with E-state index in [4.69, 9.17) is 4.42 Å². The van der Waals surface area contributed by atoms with Gasteiger partial charge in [-0.2, -0.15) is 0 Å². The molecule has 0 aliphatic heterocycles. The van der Waals surface area contributed by atoms with Gasteiger partial charge in [-0.15, -0.1) is 5.10 Å². The van der Waals surface area contributed by atoms with Crippen LogP contribution in [0.25, 0.3) is 10.9 Å². The van der Waals surface area contributed by atoms with Crippen LogP contribution in [0.15, 0.2) is 107 Å². The fourth-order valence-electron chi connectivity index (χ4n) is 5.04. The highest BCUT2D eigenvalue weighted by molar-refractivity contribution is 5.80. The number of aryl methyl sites for hydroxylation is 1. The predicted octanol–water partition coefficient (Wildman–Crippen LogP) is 4.91. The third-order valence-electron chi connectivity index (χ3n) is 7.03. The molecule has 6 aromatic rings. The summed E-state index contributed by atoms with van der Waals surface area (Å²) in [5.74, 6) is 1.33. The van der Waals surface area contributed by atoms with Crippen molar-refractivity contribution in [1.29, 1.82) is 0 Å². The summed E-state index contributed by atoms with van der Waals surface area (Å²) >= 11 is 0. The van der Waals surface area contributed by atoms with E-state index in [1.807, 2.05) is 79.0 Å². The highest BCUT2D eigenvalue weighted by atomic mass is 16.3.